The highest BCUT2D eigenvalue weighted by Gasteiger charge is 2.25. The van der Waals surface area contributed by atoms with Gasteiger partial charge in [0.2, 0.25) is 0 Å². The minimum atomic E-state index is -1.10. The maximum atomic E-state index is 11.5. The number of ether oxygens (including phenoxy) is 2. The molecule has 9 nitrogen and oxygen atoms in total. The number of nitrogens with two attached hydrogens (primary N) is 2. The van der Waals surface area contributed by atoms with Crippen molar-refractivity contribution < 1.29 is 29.0 Å². The van der Waals surface area contributed by atoms with Crippen LogP contribution < -0.4 is 21.5 Å². The van der Waals surface area contributed by atoms with Gasteiger partial charge in [-0.25, -0.2) is 4.79 Å². The maximum Gasteiger partial charge on any atom is 0.419 e. The molecule has 2 aromatic carbocycles. The molecule has 0 spiro atoms. The summed E-state index contributed by atoms with van der Waals surface area (Å²) in [5.74, 6) is -0.783. The summed E-state index contributed by atoms with van der Waals surface area (Å²) >= 11 is 0. The van der Waals surface area contributed by atoms with Crippen molar-refractivity contribution in [1.82, 2.24) is 5.32 Å². The van der Waals surface area contributed by atoms with Crippen molar-refractivity contribution in [2.75, 3.05) is 5.73 Å². The number of carboxylic acid groups (broad SMARTS) is 1. The minimum Gasteiger partial charge on any atom is -0.480 e. The van der Waals surface area contributed by atoms with E-state index in [2.05, 4.69) is 0 Å². The molecule has 0 bridgehead atoms. The van der Waals surface area contributed by atoms with Gasteiger partial charge in [0, 0.05) is 18.2 Å². The molecule has 1 unspecified atom stereocenters. The molecule has 1 heterocycles. The summed E-state index contributed by atoms with van der Waals surface area (Å²) in [6.45, 7) is 0. The van der Waals surface area contributed by atoms with E-state index in [-0.39, 0.29) is 12.2 Å². The van der Waals surface area contributed by atoms with Gasteiger partial charge in [0.25, 0.3) is 5.91 Å². The third-order valence-electron chi connectivity index (χ3n) is 3.93. The molecule has 6 N–H and O–H groups in total. The summed E-state index contributed by atoms with van der Waals surface area (Å²) in [6, 6.07) is 10.6. The molecule has 1 saturated heterocycles. The number of anilines is 1. The van der Waals surface area contributed by atoms with Crippen LogP contribution in [-0.4, -0.2) is 29.1 Å². The highest BCUT2D eigenvalue weighted by atomic mass is 16.6. The minimum absolute atomic E-state index is 0.0819. The van der Waals surface area contributed by atoms with Crippen LogP contribution in [0.2, 0.25) is 0 Å². The van der Waals surface area contributed by atoms with Gasteiger partial charge in [-0.1, -0.05) is 18.2 Å². The number of carboxylic acids is 1. The summed E-state index contributed by atoms with van der Waals surface area (Å²) in [7, 11) is 0. The molecule has 1 aliphatic heterocycles. The number of alkyl carbamates (subject to hydrolysis) is 1. The molecule has 1 fully saturated rings. The molecule has 0 aliphatic carbocycles. The van der Waals surface area contributed by atoms with Crippen LogP contribution in [-0.2, 0) is 20.7 Å². The molecule has 28 heavy (non-hydrogen) atoms. The van der Waals surface area contributed by atoms with Gasteiger partial charge in [0.15, 0.2) is 5.76 Å². The summed E-state index contributed by atoms with van der Waals surface area (Å²) in [6.07, 6.45) is 0.743. The molecule has 9 heteroatoms. The maximum absolute atomic E-state index is 11.5. The lowest BCUT2D eigenvalue weighted by atomic mass is 10.0. The van der Waals surface area contributed by atoms with E-state index in [1.165, 1.54) is 6.08 Å². The van der Waals surface area contributed by atoms with Crippen molar-refractivity contribution in [3.63, 3.8) is 0 Å². The van der Waals surface area contributed by atoms with Crippen LogP contribution in [0, 0.1) is 0 Å². The van der Waals surface area contributed by atoms with E-state index in [4.69, 9.17) is 26.0 Å². The van der Waals surface area contributed by atoms with Crippen molar-refractivity contribution in [3.8, 4) is 11.5 Å². The number of imide groups is 1. The van der Waals surface area contributed by atoms with Crippen molar-refractivity contribution in [2.24, 2.45) is 5.73 Å². The Hall–Kier alpha value is -3.85. The number of benzene rings is 2. The van der Waals surface area contributed by atoms with Crippen molar-refractivity contribution >= 4 is 29.7 Å². The molecule has 3 rings (SSSR count). The van der Waals surface area contributed by atoms with Crippen LogP contribution in [0.1, 0.15) is 11.1 Å². The lowest BCUT2D eigenvalue weighted by Gasteiger charge is -2.12. The highest BCUT2D eigenvalue weighted by molar-refractivity contribution is 6.09. The molecule has 2 aromatic rings. The molecule has 1 aliphatic rings. The molecule has 0 radical (unpaired) electrons. The van der Waals surface area contributed by atoms with E-state index in [1.54, 1.807) is 42.5 Å². The zero-order valence-corrected chi connectivity index (χ0v) is 14.5. The Balaban J connectivity index is 1.68. The van der Waals surface area contributed by atoms with E-state index in [1.807, 2.05) is 5.32 Å². The largest absolute Gasteiger partial charge is 0.480 e. The molecule has 2 amide bonds. The second-order valence-electron chi connectivity index (χ2n) is 6.03. The number of carbonyl (C=O) groups excluding carboxylic acids is 2. The Morgan fingerprint density at radius 3 is 2.43 bits per heavy atom. The van der Waals surface area contributed by atoms with Gasteiger partial charge >= 0.3 is 12.1 Å². The van der Waals surface area contributed by atoms with E-state index in [0.29, 0.717) is 28.3 Å². The molecular weight excluding hydrogens is 366 g/mol. The smallest absolute Gasteiger partial charge is 0.419 e. The van der Waals surface area contributed by atoms with Crippen LogP contribution in [0.15, 0.2) is 48.2 Å². The van der Waals surface area contributed by atoms with Gasteiger partial charge in [0.1, 0.15) is 17.5 Å². The number of nitrogens with one attached hydrogen (secondary N) is 1. The first kappa shape index (κ1) is 18.9. The van der Waals surface area contributed by atoms with Crippen LogP contribution in [0.25, 0.3) is 6.08 Å². The number of cyclic esters (lactones) is 1. The van der Waals surface area contributed by atoms with Crippen LogP contribution in [0.4, 0.5) is 10.5 Å². The lowest BCUT2D eigenvalue weighted by Crippen LogP contribution is -2.32. The summed E-state index contributed by atoms with van der Waals surface area (Å²) in [4.78, 5) is 33.3. The van der Waals surface area contributed by atoms with E-state index >= 15 is 0 Å². The third-order valence-corrected chi connectivity index (χ3v) is 3.93. The average Bonchev–Trinajstić information content (AvgIpc) is 2.96. The van der Waals surface area contributed by atoms with Crippen LogP contribution >= 0.6 is 0 Å². The quantitative estimate of drug-likeness (QED) is 0.433. The van der Waals surface area contributed by atoms with Crippen molar-refractivity contribution in [2.45, 2.75) is 12.5 Å². The van der Waals surface area contributed by atoms with Gasteiger partial charge in [-0.15, -0.1) is 0 Å². The topological polar surface area (TPSA) is 154 Å². The second-order valence-corrected chi connectivity index (χ2v) is 6.03. The summed E-state index contributed by atoms with van der Waals surface area (Å²) in [5.41, 5.74) is 13.1. The Kier molecular flexibility index (Phi) is 5.28. The van der Waals surface area contributed by atoms with Gasteiger partial charge < -0.3 is 26.0 Å². The monoisotopic (exact) mass is 383 g/mol. The predicted molar refractivity (Wildman–Crippen MR) is 99.3 cm³/mol. The Morgan fingerprint density at radius 1 is 1.18 bits per heavy atom. The van der Waals surface area contributed by atoms with Crippen LogP contribution in [0.3, 0.4) is 0 Å². The van der Waals surface area contributed by atoms with Crippen LogP contribution in [0.5, 0.6) is 11.5 Å². The third kappa shape index (κ3) is 4.46. The number of hydrogen-bond acceptors (Lipinski definition) is 7. The van der Waals surface area contributed by atoms with Gasteiger partial charge in [-0.05, 0) is 35.4 Å². The highest BCUT2D eigenvalue weighted by Crippen LogP contribution is 2.26. The molecule has 144 valence electrons. The molecular formula is C19H17N3O6. The standard InChI is InChI=1S/C19H17N3O6/c20-14-9-13(6-3-11(14)8-15(21)18(24)25)27-12-4-1-10(2-5-12)7-16-17(23)22-19(26)28-16/h1-7,9,15H,8,20-21H2,(H,24,25)(H,22,23,26)/b16-7+. The molecule has 0 saturated carbocycles. The Labute approximate surface area is 159 Å². The zero-order valence-electron chi connectivity index (χ0n) is 14.5. The zero-order chi connectivity index (χ0) is 20.3. The second kappa shape index (κ2) is 7.80. The van der Waals surface area contributed by atoms with Gasteiger partial charge in [0.05, 0.1) is 0 Å². The average molecular weight is 383 g/mol. The fraction of sp³-hybridized carbons (Fsp3) is 0.105. The fourth-order valence-corrected chi connectivity index (χ4v) is 2.49. The Bertz CT molecular complexity index is 968. The van der Waals surface area contributed by atoms with E-state index in [9.17, 15) is 14.4 Å². The first-order chi connectivity index (χ1) is 13.3. The number of rotatable bonds is 6. The van der Waals surface area contributed by atoms with Gasteiger partial charge in [-0.3, -0.25) is 14.9 Å². The Morgan fingerprint density at radius 2 is 1.86 bits per heavy atom. The number of nitrogen functional groups attached to an aromatic ring is 1. The van der Waals surface area contributed by atoms with E-state index < -0.39 is 24.0 Å². The van der Waals surface area contributed by atoms with E-state index in [0.717, 1.165) is 0 Å². The molecule has 0 aromatic heterocycles. The number of amides is 2. The number of hydrogen-bond donors (Lipinski definition) is 4. The number of aliphatic carboxylic acids is 1. The van der Waals surface area contributed by atoms with Crippen molar-refractivity contribution in [1.29, 1.82) is 0 Å². The first-order valence-corrected chi connectivity index (χ1v) is 8.21. The number of carbonyl (C=O) groups is 3. The summed E-state index contributed by atoms with van der Waals surface area (Å²) in [5, 5.41) is 10.9. The van der Waals surface area contributed by atoms with Crippen molar-refractivity contribution in [3.05, 3.63) is 59.4 Å². The molecule has 1 atom stereocenters. The first-order valence-electron chi connectivity index (χ1n) is 8.21. The summed E-state index contributed by atoms with van der Waals surface area (Å²) < 4.78 is 10.5. The lowest BCUT2D eigenvalue weighted by molar-refractivity contribution is -0.138. The fourth-order valence-electron chi connectivity index (χ4n) is 2.49. The van der Waals surface area contributed by atoms with Gasteiger partial charge in [-0.2, -0.15) is 0 Å². The SMILES string of the molecule is Nc1cc(Oc2ccc(/C=C3/OC(=O)NC3=O)cc2)ccc1CC(N)C(=O)O. The predicted octanol–water partition coefficient (Wildman–Crippen LogP) is 1.62. The normalized spacial score (nSPS) is 15.8.